The van der Waals surface area contributed by atoms with Crippen molar-refractivity contribution in [1.82, 2.24) is 9.78 Å². The Morgan fingerprint density at radius 1 is 1.07 bits per heavy atom. The fourth-order valence-corrected chi connectivity index (χ4v) is 5.49. The molecule has 4 rings (SSSR count). The molecular formula is C21H27N3O4S. The Morgan fingerprint density at radius 2 is 1.79 bits per heavy atom. The van der Waals surface area contributed by atoms with Gasteiger partial charge in [-0.1, -0.05) is 31.0 Å². The number of ether oxygens (including phenoxy) is 3. The van der Waals surface area contributed by atoms with Gasteiger partial charge in [-0.05, 0) is 31.9 Å². The van der Waals surface area contributed by atoms with Gasteiger partial charge in [0, 0.05) is 5.56 Å². The van der Waals surface area contributed by atoms with E-state index in [4.69, 9.17) is 19.2 Å². The van der Waals surface area contributed by atoms with Crippen molar-refractivity contribution < 1.29 is 14.2 Å². The van der Waals surface area contributed by atoms with Crippen molar-refractivity contribution in [2.45, 2.75) is 50.3 Å². The van der Waals surface area contributed by atoms with Crippen LogP contribution in [-0.2, 0) is 0 Å². The van der Waals surface area contributed by atoms with Gasteiger partial charge in [-0.2, -0.15) is 0 Å². The fourth-order valence-electron chi connectivity index (χ4n) is 4.36. The van der Waals surface area contributed by atoms with Gasteiger partial charge in [-0.15, -0.1) is 0 Å². The van der Waals surface area contributed by atoms with Crippen LogP contribution in [0.15, 0.2) is 21.9 Å². The first-order valence-corrected chi connectivity index (χ1v) is 10.8. The lowest BCUT2D eigenvalue weighted by atomic mass is 9.95. The van der Waals surface area contributed by atoms with Gasteiger partial charge >= 0.3 is 0 Å². The van der Waals surface area contributed by atoms with Crippen molar-refractivity contribution in [3.8, 4) is 17.2 Å². The number of rotatable bonds is 5. The van der Waals surface area contributed by atoms with Gasteiger partial charge in [-0.25, -0.2) is 4.99 Å². The number of hydrogen-bond donors (Lipinski definition) is 1. The average Bonchev–Trinajstić information content (AvgIpc) is 3.08. The molecule has 2 aromatic rings. The number of benzene rings is 1. The molecule has 0 spiro atoms. The normalized spacial score (nSPS) is 19.4. The van der Waals surface area contributed by atoms with Crippen LogP contribution in [0.5, 0.6) is 17.2 Å². The van der Waals surface area contributed by atoms with Crippen LogP contribution in [0.3, 0.4) is 0 Å². The van der Waals surface area contributed by atoms with E-state index in [0.29, 0.717) is 28.9 Å². The molecule has 29 heavy (non-hydrogen) atoms. The number of nitrogens with one attached hydrogen (secondary N) is 1. The highest BCUT2D eigenvalue weighted by Crippen LogP contribution is 2.51. The Balaban J connectivity index is 1.86. The summed E-state index contributed by atoms with van der Waals surface area (Å²) in [5.74, 6) is 2.45. The van der Waals surface area contributed by atoms with Crippen molar-refractivity contribution in [2.75, 3.05) is 21.3 Å². The van der Waals surface area contributed by atoms with Gasteiger partial charge in [0.05, 0.1) is 43.2 Å². The van der Waals surface area contributed by atoms with Crippen molar-refractivity contribution in [1.29, 1.82) is 0 Å². The lowest BCUT2D eigenvalue weighted by Crippen LogP contribution is -2.16. The number of nitrogens with zero attached hydrogens (tertiary/aromatic N) is 2. The lowest BCUT2D eigenvalue weighted by molar-refractivity contribution is 0.322. The first-order chi connectivity index (χ1) is 14.1. The van der Waals surface area contributed by atoms with E-state index in [1.54, 1.807) is 33.1 Å². The van der Waals surface area contributed by atoms with Gasteiger partial charge < -0.3 is 14.2 Å². The van der Waals surface area contributed by atoms with Gasteiger partial charge in [0.1, 0.15) is 0 Å². The van der Waals surface area contributed by atoms with Gasteiger partial charge in [0.25, 0.3) is 5.56 Å². The molecule has 0 bridgehead atoms. The zero-order chi connectivity index (χ0) is 20.5. The number of methoxy groups -OCH3 is 3. The molecule has 1 aliphatic heterocycles. The molecular weight excluding hydrogens is 390 g/mol. The predicted octanol–water partition coefficient (Wildman–Crippen LogP) is 4.59. The monoisotopic (exact) mass is 417 g/mol. The number of aromatic nitrogens is 2. The van der Waals surface area contributed by atoms with Crippen LogP contribution in [-0.4, -0.2) is 36.2 Å². The summed E-state index contributed by atoms with van der Waals surface area (Å²) in [4.78, 5) is 17.8. The summed E-state index contributed by atoms with van der Waals surface area (Å²) in [6.07, 6.45) is 5.77. The molecule has 7 nitrogen and oxygen atoms in total. The van der Waals surface area contributed by atoms with Gasteiger partial charge in [0.15, 0.2) is 17.3 Å². The number of thioether (sulfide) groups is 1. The van der Waals surface area contributed by atoms with Crippen LogP contribution in [0.1, 0.15) is 61.4 Å². The molecule has 156 valence electrons. The molecule has 1 N–H and O–H groups in total. The Hall–Kier alpha value is -2.35. The largest absolute Gasteiger partial charge is 0.493 e. The summed E-state index contributed by atoms with van der Waals surface area (Å²) in [5, 5.41) is 3.77. The van der Waals surface area contributed by atoms with Crippen LogP contribution in [0.4, 0.5) is 5.82 Å². The minimum absolute atomic E-state index is 0.0869. The Kier molecular flexibility index (Phi) is 5.63. The second-order valence-corrected chi connectivity index (χ2v) is 8.69. The van der Waals surface area contributed by atoms with Crippen LogP contribution >= 0.6 is 11.8 Å². The Labute approximate surface area is 174 Å². The van der Waals surface area contributed by atoms with E-state index in [-0.39, 0.29) is 10.8 Å². The molecule has 0 radical (unpaired) electrons. The zero-order valence-corrected chi connectivity index (χ0v) is 18.1. The van der Waals surface area contributed by atoms with Crippen molar-refractivity contribution >= 4 is 22.6 Å². The summed E-state index contributed by atoms with van der Waals surface area (Å²) in [5.41, 5.74) is 1.46. The maximum Gasteiger partial charge on any atom is 0.271 e. The molecule has 1 saturated carbocycles. The molecule has 0 amide bonds. The van der Waals surface area contributed by atoms with Crippen LogP contribution < -0.4 is 19.8 Å². The lowest BCUT2D eigenvalue weighted by Gasteiger charge is -2.27. The number of hydrogen-bond acceptors (Lipinski definition) is 6. The first kappa shape index (κ1) is 19.9. The van der Waals surface area contributed by atoms with E-state index >= 15 is 0 Å². The maximum atomic E-state index is 13.0. The number of fused-ring (bicyclic) bond motifs is 1. The summed E-state index contributed by atoms with van der Waals surface area (Å²) in [6, 6.07) is 4.09. The second-order valence-electron chi connectivity index (χ2n) is 7.39. The topological polar surface area (TPSA) is 77.8 Å². The van der Waals surface area contributed by atoms with E-state index in [2.05, 4.69) is 5.10 Å². The van der Waals surface area contributed by atoms with Crippen molar-refractivity contribution in [3.05, 3.63) is 33.6 Å². The van der Waals surface area contributed by atoms with E-state index in [1.165, 1.54) is 19.3 Å². The van der Waals surface area contributed by atoms with Crippen LogP contribution in [0.2, 0.25) is 0 Å². The molecule has 8 heteroatoms. The second kappa shape index (κ2) is 8.18. The molecule has 1 fully saturated rings. The third kappa shape index (κ3) is 3.43. The summed E-state index contributed by atoms with van der Waals surface area (Å²) in [6.45, 7) is 1.98. The van der Waals surface area contributed by atoms with Crippen LogP contribution in [0, 0.1) is 0 Å². The molecule has 1 atom stereocenters. The van der Waals surface area contributed by atoms with Gasteiger partial charge in [-0.3, -0.25) is 14.6 Å². The number of H-pyrrole nitrogens is 1. The minimum atomic E-state index is -0.231. The highest BCUT2D eigenvalue weighted by molar-refractivity contribution is 8.14. The third-order valence-corrected chi connectivity index (χ3v) is 6.86. The van der Waals surface area contributed by atoms with Crippen LogP contribution in [0.25, 0.3) is 0 Å². The van der Waals surface area contributed by atoms with E-state index in [0.717, 1.165) is 29.3 Å². The fraction of sp³-hybridized carbons (Fsp3) is 0.524. The van der Waals surface area contributed by atoms with E-state index < -0.39 is 0 Å². The summed E-state index contributed by atoms with van der Waals surface area (Å²) < 4.78 is 18.7. The molecule has 0 saturated heterocycles. The molecule has 0 unspecified atom stereocenters. The molecule has 1 aromatic heterocycles. The third-order valence-electron chi connectivity index (χ3n) is 5.71. The standard InChI is InChI=1S/C21H27N3O4S/c1-12-22-20-16(21(25)23-24(20)13-8-6-5-7-9-13)19(29-12)14-10-11-15(26-2)18(28-4)17(14)27-3/h10-11,13,19H,5-9H2,1-4H3,(H,23,25)/t19-/m0/s1. The van der Waals surface area contributed by atoms with Gasteiger partial charge in [0.2, 0.25) is 5.75 Å². The smallest absolute Gasteiger partial charge is 0.271 e. The zero-order valence-electron chi connectivity index (χ0n) is 17.3. The maximum absolute atomic E-state index is 13.0. The van der Waals surface area contributed by atoms with E-state index in [9.17, 15) is 4.79 Å². The highest BCUT2D eigenvalue weighted by Gasteiger charge is 2.35. The molecule has 2 aliphatic rings. The number of aromatic amines is 1. The average molecular weight is 418 g/mol. The molecule has 2 heterocycles. The Bertz CT molecular complexity index is 989. The minimum Gasteiger partial charge on any atom is -0.493 e. The SMILES string of the molecule is COc1ccc([C@@H]2SC(C)=Nc3c2c(=O)[nH]n3C2CCCCC2)c(OC)c1OC. The van der Waals surface area contributed by atoms with Crippen molar-refractivity contribution in [2.24, 2.45) is 4.99 Å². The number of aliphatic imine (C=N–C) groups is 1. The highest BCUT2D eigenvalue weighted by atomic mass is 32.2. The van der Waals surface area contributed by atoms with Crippen molar-refractivity contribution in [3.63, 3.8) is 0 Å². The van der Waals surface area contributed by atoms with E-state index in [1.807, 2.05) is 23.7 Å². The quantitative estimate of drug-likeness (QED) is 0.770. The Morgan fingerprint density at radius 3 is 2.45 bits per heavy atom. The predicted molar refractivity (Wildman–Crippen MR) is 115 cm³/mol. The summed E-state index contributed by atoms with van der Waals surface area (Å²) >= 11 is 1.56. The first-order valence-electron chi connectivity index (χ1n) is 9.94. The molecule has 1 aliphatic carbocycles. The summed E-state index contributed by atoms with van der Waals surface area (Å²) in [7, 11) is 4.78. The molecule has 1 aromatic carbocycles.